The van der Waals surface area contributed by atoms with Gasteiger partial charge in [-0.05, 0) is 68.5 Å². The van der Waals surface area contributed by atoms with Crippen LogP contribution in [0.2, 0.25) is 5.02 Å². The molecule has 0 spiro atoms. The van der Waals surface area contributed by atoms with E-state index < -0.39 is 0 Å². The van der Waals surface area contributed by atoms with E-state index in [2.05, 4.69) is 82.9 Å². The summed E-state index contributed by atoms with van der Waals surface area (Å²) in [5, 5.41) is 3.76. The van der Waals surface area contributed by atoms with Gasteiger partial charge in [0.1, 0.15) is 11.3 Å². The van der Waals surface area contributed by atoms with E-state index in [9.17, 15) is 4.79 Å². The fourth-order valence-corrected chi connectivity index (χ4v) is 5.44. The van der Waals surface area contributed by atoms with Crippen LogP contribution in [-0.4, -0.2) is 14.9 Å². The number of anilines is 1. The Balaban J connectivity index is 1.60. The van der Waals surface area contributed by atoms with Gasteiger partial charge in [-0.3, -0.25) is 9.20 Å². The first kappa shape index (κ1) is 22.7. The van der Waals surface area contributed by atoms with Gasteiger partial charge in [-0.2, -0.15) is 0 Å². The van der Waals surface area contributed by atoms with Gasteiger partial charge in [0.2, 0.25) is 0 Å². The lowest BCUT2D eigenvalue weighted by molar-refractivity contribution is 0.102. The summed E-state index contributed by atoms with van der Waals surface area (Å²) in [6.07, 6.45) is 5.28. The van der Waals surface area contributed by atoms with Crippen LogP contribution in [-0.2, 0) is 13.0 Å². The number of nitrogens with zero attached hydrogens (tertiary/aromatic N) is 2. The average Bonchev–Trinajstić information content (AvgIpc) is 3.29. The second-order valence-electron chi connectivity index (χ2n) is 9.71. The summed E-state index contributed by atoms with van der Waals surface area (Å²) < 4.78 is 4.53. The van der Waals surface area contributed by atoms with Gasteiger partial charge in [0.05, 0.1) is 5.69 Å². The molecule has 5 heteroatoms. The van der Waals surface area contributed by atoms with E-state index in [0.717, 1.165) is 59.5 Å². The first-order valence-corrected chi connectivity index (χ1v) is 12.8. The van der Waals surface area contributed by atoms with Crippen LogP contribution in [0.3, 0.4) is 0 Å². The van der Waals surface area contributed by atoms with E-state index in [-0.39, 0.29) is 5.91 Å². The van der Waals surface area contributed by atoms with Crippen LogP contribution in [0.15, 0.2) is 79.0 Å². The molecule has 1 aliphatic heterocycles. The third kappa shape index (κ3) is 3.92. The second-order valence-corrected chi connectivity index (χ2v) is 10.1. The molecule has 0 atom stereocenters. The molecule has 4 nitrogen and oxygen atoms in total. The summed E-state index contributed by atoms with van der Waals surface area (Å²) >= 11 is 6.07. The number of carbonyl (C=O) groups excluding carboxylic acids is 1. The van der Waals surface area contributed by atoms with E-state index in [1.807, 2.05) is 12.1 Å². The summed E-state index contributed by atoms with van der Waals surface area (Å²) in [6, 6.07) is 24.4. The number of aryl methyl sites for hydroxylation is 4. The molecule has 0 bridgehead atoms. The van der Waals surface area contributed by atoms with Crippen molar-refractivity contribution in [3.05, 3.63) is 106 Å². The van der Waals surface area contributed by atoms with Gasteiger partial charge in [-0.15, -0.1) is 0 Å². The number of benzene rings is 3. The molecular formula is C31H28ClN3O. The van der Waals surface area contributed by atoms with Crippen LogP contribution < -0.4 is 5.32 Å². The largest absolute Gasteiger partial charge is 0.325 e. The molecule has 0 radical (unpaired) electrons. The Morgan fingerprint density at radius 2 is 1.47 bits per heavy atom. The molecule has 0 saturated heterocycles. The highest BCUT2D eigenvalue weighted by molar-refractivity contribution is 6.30. The van der Waals surface area contributed by atoms with Gasteiger partial charge in [0.15, 0.2) is 0 Å². The first-order chi connectivity index (χ1) is 17.5. The van der Waals surface area contributed by atoms with Crippen molar-refractivity contribution < 1.29 is 4.79 Å². The van der Waals surface area contributed by atoms with Crippen molar-refractivity contribution in [1.82, 2.24) is 8.97 Å². The number of imidazole rings is 1. The molecule has 6 rings (SSSR count). The highest BCUT2D eigenvalue weighted by Crippen LogP contribution is 2.39. The molecular weight excluding hydrogens is 466 g/mol. The molecule has 1 N–H and O–H groups in total. The predicted octanol–water partition coefficient (Wildman–Crippen LogP) is 7.93. The average molecular weight is 494 g/mol. The van der Waals surface area contributed by atoms with Crippen molar-refractivity contribution in [3.8, 4) is 22.4 Å². The zero-order chi connectivity index (χ0) is 24.8. The Labute approximate surface area is 216 Å². The van der Waals surface area contributed by atoms with Gasteiger partial charge in [-0.1, -0.05) is 71.3 Å². The minimum atomic E-state index is -0.123. The van der Waals surface area contributed by atoms with Crippen LogP contribution in [0.1, 0.15) is 40.0 Å². The summed E-state index contributed by atoms with van der Waals surface area (Å²) in [5.74, 6) is -0.123. The summed E-state index contributed by atoms with van der Waals surface area (Å²) in [4.78, 5) is 13.9. The highest BCUT2D eigenvalue weighted by Gasteiger charge is 2.29. The fraction of sp³-hybridized carbons (Fsp3) is 0.194. The second kappa shape index (κ2) is 9.03. The molecule has 3 aromatic carbocycles. The maximum Gasteiger partial charge on any atom is 0.273 e. The van der Waals surface area contributed by atoms with Gasteiger partial charge < -0.3 is 9.88 Å². The normalized spacial score (nSPS) is 13.1. The Morgan fingerprint density at radius 1 is 0.833 bits per heavy atom. The van der Waals surface area contributed by atoms with Gasteiger partial charge in [0, 0.05) is 34.6 Å². The quantitative estimate of drug-likeness (QED) is 0.271. The first-order valence-electron chi connectivity index (χ1n) is 12.5. The van der Waals surface area contributed by atoms with E-state index in [1.165, 1.54) is 16.7 Å². The monoisotopic (exact) mass is 493 g/mol. The van der Waals surface area contributed by atoms with E-state index >= 15 is 0 Å². The van der Waals surface area contributed by atoms with Gasteiger partial charge >= 0.3 is 0 Å². The number of nitrogens with one attached hydrogen (secondary N) is 1. The van der Waals surface area contributed by atoms with E-state index in [0.29, 0.717) is 10.7 Å². The minimum Gasteiger partial charge on any atom is -0.325 e. The Kier molecular flexibility index (Phi) is 5.69. The Morgan fingerprint density at radius 3 is 2.14 bits per heavy atom. The van der Waals surface area contributed by atoms with Gasteiger partial charge in [-0.25, -0.2) is 0 Å². The van der Waals surface area contributed by atoms with Crippen molar-refractivity contribution in [2.75, 3.05) is 5.32 Å². The van der Waals surface area contributed by atoms with Crippen molar-refractivity contribution in [1.29, 1.82) is 0 Å². The molecule has 0 aliphatic carbocycles. The maximum atomic E-state index is 13.9. The number of amides is 1. The molecule has 180 valence electrons. The lowest BCUT2D eigenvalue weighted by Gasteiger charge is -2.11. The molecule has 1 amide bonds. The molecule has 3 heterocycles. The number of aromatic nitrogens is 2. The van der Waals surface area contributed by atoms with E-state index in [1.54, 1.807) is 12.1 Å². The summed E-state index contributed by atoms with van der Waals surface area (Å²) in [7, 11) is 0. The van der Waals surface area contributed by atoms with Crippen LogP contribution >= 0.6 is 11.6 Å². The van der Waals surface area contributed by atoms with Crippen LogP contribution in [0, 0.1) is 13.8 Å². The number of carbonyl (C=O) groups is 1. The Bertz CT molecular complexity index is 1570. The SMILES string of the molecule is Cc1ccc(-c2c3c4n(c(-c5ccc(C)cc5)cn4c2C(=O)Nc2ccc(Cl)cc2)CCCC3)cc1. The van der Waals surface area contributed by atoms with Crippen LogP contribution in [0.5, 0.6) is 0 Å². The smallest absolute Gasteiger partial charge is 0.273 e. The zero-order valence-corrected chi connectivity index (χ0v) is 21.3. The highest BCUT2D eigenvalue weighted by atomic mass is 35.5. The minimum absolute atomic E-state index is 0.123. The molecule has 2 aromatic heterocycles. The van der Waals surface area contributed by atoms with Crippen molar-refractivity contribution in [2.24, 2.45) is 0 Å². The number of rotatable bonds is 4. The molecule has 5 aromatic rings. The van der Waals surface area contributed by atoms with Crippen molar-refractivity contribution >= 4 is 28.8 Å². The van der Waals surface area contributed by atoms with Crippen LogP contribution in [0.25, 0.3) is 28.0 Å². The van der Waals surface area contributed by atoms with Crippen LogP contribution in [0.4, 0.5) is 5.69 Å². The third-order valence-electron chi connectivity index (χ3n) is 7.14. The Hall–Kier alpha value is -3.76. The van der Waals surface area contributed by atoms with Crippen molar-refractivity contribution in [2.45, 2.75) is 39.7 Å². The van der Waals surface area contributed by atoms with E-state index in [4.69, 9.17) is 11.6 Å². The topological polar surface area (TPSA) is 38.4 Å². The predicted molar refractivity (Wildman–Crippen MR) is 148 cm³/mol. The molecule has 0 fully saturated rings. The molecule has 1 aliphatic rings. The molecule has 36 heavy (non-hydrogen) atoms. The molecule has 0 unspecified atom stereocenters. The number of hydrogen-bond acceptors (Lipinski definition) is 1. The maximum absolute atomic E-state index is 13.9. The standard InChI is InChI=1S/C31H28ClN3O/c1-20-6-10-22(11-7-20)27-19-35-29(30(36)33-25-16-14-24(32)15-17-25)28(23-12-8-21(2)9-13-23)26-5-3-4-18-34(27)31(26)35/h6-17,19H,3-5,18H2,1-2H3,(H,33,36). The molecule has 0 saturated carbocycles. The number of halogens is 1. The lowest BCUT2D eigenvalue weighted by atomic mass is 9.97. The number of hydrogen-bond donors (Lipinski definition) is 1. The third-order valence-corrected chi connectivity index (χ3v) is 7.39. The lowest BCUT2D eigenvalue weighted by Crippen LogP contribution is -2.15. The van der Waals surface area contributed by atoms with Gasteiger partial charge in [0.25, 0.3) is 5.91 Å². The zero-order valence-electron chi connectivity index (χ0n) is 20.5. The fourth-order valence-electron chi connectivity index (χ4n) is 5.32. The van der Waals surface area contributed by atoms with Crippen molar-refractivity contribution in [3.63, 3.8) is 0 Å². The summed E-state index contributed by atoms with van der Waals surface area (Å²) in [6.45, 7) is 5.13. The summed E-state index contributed by atoms with van der Waals surface area (Å²) in [5.41, 5.74) is 10.6.